The minimum Gasteiger partial charge on any atom is -0.314 e. The summed E-state index contributed by atoms with van der Waals surface area (Å²) in [5.41, 5.74) is -0.355. The summed E-state index contributed by atoms with van der Waals surface area (Å²) < 4.78 is 37.5. The molecule has 1 N–H and O–H groups in total. The van der Waals surface area contributed by atoms with Gasteiger partial charge in [0.25, 0.3) is 0 Å². The van der Waals surface area contributed by atoms with Gasteiger partial charge in [-0.25, -0.2) is 0 Å². The van der Waals surface area contributed by atoms with Crippen LogP contribution in [0.4, 0.5) is 13.2 Å². The predicted octanol–water partition coefficient (Wildman–Crippen LogP) is 3.10. The van der Waals surface area contributed by atoms with E-state index in [2.05, 4.69) is 17.1 Å². The molecule has 5 heteroatoms. The Morgan fingerprint density at radius 1 is 1.42 bits per heavy atom. The minimum absolute atomic E-state index is 0.133. The molecule has 0 radical (unpaired) electrons. The first-order valence-electron chi connectivity index (χ1n) is 7.20. The molecule has 110 valence electrons. The molecule has 1 aliphatic heterocycles. The summed E-state index contributed by atoms with van der Waals surface area (Å²) in [6.45, 7) is 4.12. The molecule has 1 aliphatic carbocycles. The number of hydrogen-bond donors (Lipinski definition) is 1. The fourth-order valence-corrected chi connectivity index (χ4v) is 2.52. The van der Waals surface area contributed by atoms with Gasteiger partial charge in [0.1, 0.15) is 0 Å². The zero-order chi connectivity index (χ0) is 13.9. The highest BCUT2D eigenvalue weighted by molar-refractivity contribution is 5.13. The molecule has 1 unspecified atom stereocenters. The molecular formula is C14H23F3N2. The maximum atomic E-state index is 12.5. The van der Waals surface area contributed by atoms with Crippen molar-refractivity contribution in [3.05, 3.63) is 11.6 Å². The molecule has 0 saturated heterocycles. The average molecular weight is 276 g/mol. The monoisotopic (exact) mass is 276 g/mol. The maximum absolute atomic E-state index is 12.5. The highest BCUT2D eigenvalue weighted by Gasteiger charge is 2.35. The summed E-state index contributed by atoms with van der Waals surface area (Å²) in [5.74, 6) is 0. The fraction of sp³-hybridized carbons (Fsp3) is 0.857. The SMILES string of the molecule is CC(CCCNC1CC1)N1CC=C(C(F)(F)F)CC1. The average Bonchev–Trinajstić information content (AvgIpc) is 3.17. The molecule has 0 aromatic heterocycles. The van der Waals surface area contributed by atoms with E-state index in [1.165, 1.54) is 18.9 Å². The van der Waals surface area contributed by atoms with Crippen LogP contribution in [-0.2, 0) is 0 Å². The van der Waals surface area contributed by atoms with Crippen molar-refractivity contribution in [3.8, 4) is 0 Å². The number of rotatable bonds is 6. The number of nitrogens with one attached hydrogen (secondary N) is 1. The van der Waals surface area contributed by atoms with Crippen molar-refractivity contribution in [3.63, 3.8) is 0 Å². The van der Waals surface area contributed by atoms with Crippen molar-refractivity contribution in [2.45, 2.75) is 57.3 Å². The van der Waals surface area contributed by atoms with Crippen molar-refractivity contribution in [2.24, 2.45) is 0 Å². The fourth-order valence-electron chi connectivity index (χ4n) is 2.52. The van der Waals surface area contributed by atoms with Gasteiger partial charge in [-0.05, 0) is 45.6 Å². The van der Waals surface area contributed by atoms with Crippen LogP contribution >= 0.6 is 0 Å². The van der Waals surface area contributed by atoms with Crippen LogP contribution in [0.3, 0.4) is 0 Å². The van der Waals surface area contributed by atoms with Gasteiger partial charge in [0.2, 0.25) is 0 Å². The van der Waals surface area contributed by atoms with Gasteiger partial charge < -0.3 is 5.32 Å². The summed E-state index contributed by atoms with van der Waals surface area (Å²) >= 11 is 0. The predicted molar refractivity (Wildman–Crippen MR) is 70.0 cm³/mol. The second-order valence-electron chi connectivity index (χ2n) is 5.69. The lowest BCUT2D eigenvalue weighted by Gasteiger charge is -2.32. The van der Waals surface area contributed by atoms with Crippen molar-refractivity contribution in [2.75, 3.05) is 19.6 Å². The topological polar surface area (TPSA) is 15.3 Å². The third-order valence-electron chi connectivity index (χ3n) is 4.04. The molecule has 2 nitrogen and oxygen atoms in total. The molecule has 1 heterocycles. The first-order valence-corrected chi connectivity index (χ1v) is 7.20. The second-order valence-corrected chi connectivity index (χ2v) is 5.69. The molecule has 0 amide bonds. The third kappa shape index (κ3) is 4.80. The van der Waals surface area contributed by atoms with Gasteiger partial charge in [-0.3, -0.25) is 4.90 Å². The lowest BCUT2D eigenvalue weighted by molar-refractivity contribution is -0.0963. The highest BCUT2D eigenvalue weighted by Crippen LogP contribution is 2.30. The van der Waals surface area contributed by atoms with Gasteiger partial charge >= 0.3 is 6.18 Å². The molecule has 1 saturated carbocycles. The van der Waals surface area contributed by atoms with Crippen LogP contribution in [0.5, 0.6) is 0 Å². The molecule has 0 aromatic carbocycles. The van der Waals surface area contributed by atoms with Crippen LogP contribution in [0.2, 0.25) is 0 Å². The zero-order valence-corrected chi connectivity index (χ0v) is 11.5. The number of nitrogens with zero attached hydrogens (tertiary/aromatic N) is 1. The molecule has 2 rings (SSSR count). The Hall–Kier alpha value is -0.550. The van der Waals surface area contributed by atoms with Crippen LogP contribution in [0.1, 0.15) is 39.0 Å². The molecular weight excluding hydrogens is 253 g/mol. The molecule has 1 atom stereocenters. The third-order valence-corrected chi connectivity index (χ3v) is 4.04. The van der Waals surface area contributed by atoms with Gasteiger partial charge in [0.15, 0.2) is 0 Å². The summed E-state index contributed by atoms with van der Waals surface area (Å²) in [7, 11) is 0. The van der Waals surface area contributed by atoms with Crippen molar-refractivity contribution >= 4 is 0 Å². The van der Waals surface area contributed by atoms with E-state index >= 15 is 0 Å². The summed E-state index contributed by atoms with van der Waals surface area (Å²) in [6.07, 6.45) is 2.10. The van der Waals surface area contributed by atoms with Crippen LogP contribution < -0.4 is 5.32 Å². The van der Waals surface area contributed by atoms with E-state index < -0.39 is 6.18 Å². The van der Waals surface area contributed by atoms with Crippen molar-refractivity contribution in [1.29, 1.82) is 0 Å². The Morgan fingerprint density at radius 2 is 2.16 bits per heavy atom. The standard InChI is InChI=1S/C14H23F3N2/c1-11(3-2-8-18-13-4-5-13)19-9-6-12(7-10-19)14(15,16)17/h6,11,13,18H,2-5,7-10H2,1H3. The first-order chi connectivity index (χ1) is 8.97. The lowest BCUT2D eigenvalue weighted by Crippen LogP contribution is -2.38. The van der Waals surface area contributed by atoms with Crippen molar-refractivity contribution < 1.29 is 13.2 Å². The summed E-state index contributed by atoms with van der Waals surface area (Å²) in [6, 6.07) is 1.11. The van der Waals surface area contributed by atoms with E-state index in [1.54, 1.807) is 0 Å². The smallest absolute Gasteiger partial charge is 0.314 e. The van der Waals surface area contributed by atoms with E-state index in [-0.39, 0.29) is 12.0 Å². The molecule has 19 heavy (non-hydrogen) atoms. The quantitative estimate of drug-likeness (QED) is 0.592. The van der Waals surface area contributed by atoms with Gasteiger partial charge in [0, 0.05) is 30.7 Å². The first kappa shape index (κ1) is 14.9. The number of hydrogen-bond acceptors (Lipinski definition) is 2. The number of alkyl halides is 3. The highest BCUT2D eigenvalue weighted by atomic mass is 19.4. The van der Waals surface area contributed by atoms with Gasteiger partial charge in [-0.2, -0.15) is 13.2 Å². The molecule has 0 aromatic rings. The van der Waals surface area contributed by atoms with E-state index in [1.807, 2.05) is 0 Å². The van der Waals surface area contributed by atoms with E-state index in [0.29, 0.717) is 19.1 Å². The second kappa shape index (κ2) is 6.27. The Labute approximate surface area is 113 Å². The Balaban J connectivity index is 1.66. The lowest BCUT2D eigenvalue weighted by atomic mass is 10.0. The van der Waals surface area contributed by atoms with Gasteiger partial charge in [-0.15, -0.1) is 0 Å². The molecule has 2 aliphatic rings. The van der Waals surface area contributed by atoms with Crippen LogP contribution in [-0.4, -0.2) is 42.8 Å². The summed E-state index contributed by atoms with van der Waals surface area (Å²) in [4.78, 5) is 2.15. The number of halogens is 3. The zero-order valence-electron chi connectivity index (χ0n) is 11.5. The summed E-state index contributed by atoms with van der Waals surface area (Å²) in [5, 5.41) is 3.46. The Kier molecular flexibility index (Phi) is 4.90. The van der Waals surface area contributed by atoms with Gasteiger partial charge in [-0.1, -0.05) is 6.08 Å². The van der Waals surface area contributed by atoms with Crippen molar-refractivity contribution in [1.82, 2.24) is 10.2 Å². The maximum Gasteiger partial charge on any atom is 0.412 e. The van der Waals surface area contributed by atoms with Crippen LogP contribution in [0.15, 0.2) is 11.6 Å². The molecule has 0 bridgehead atoms. The molecule has 0 spiro atoms. The van der Waals surface area contributed by atoms with E-state index in [0.717, 1.165) is 25.4 Å². The van der Waals surface area contributed by atoms with Crippen LogP contribution in [0, 0.1) is 0 Å². The minimum atomic E-state index is -4.14. The largest absolute Gasteiger partial charge is 0.412 e. The van der Waals surface area contributed by atoms with E-state index in [9.17, 15) is 13.2 Å². The van der Waals surface area contributed by atoms with Gasteiger partial charge in [0.05, 0.1) is 0 Å². The normalized spacial score (nSPS) is 23.3. The Bertz CT molecular complexity index is 321. The Morgan fingerprint density at radius 3 is 2.68 bits per heavy atom. The van der Waals surface area contributed by atoms with E-state index in [4.69, 9.17) is 0 Å². The molecule has 1 fully saturated rings. The van der Waals surface area contributed by atoms with Crippen LogP contribution in [0.25, 0.3) is 0 Å².